The lowest BCUT2D eigenvalue weighted by Crippen LogP contribution is -2.31. The van der Waals surface area contributed by atoms with Crippen molar-refractivity contribution in [2.75, 3.05) is 19.6 Å². The average Bonchev–Trinajstić information content (AvgIpc) is 3.84. The molecule has 14 heteroatoms. The van der Waals surface area contributed by atoms with E-state index >= 15 is 0 Å². The Labute approximate surface area is 338 Å². The molecule has 6 aromatic rings. The van der Waals surface area contributed by atoms with E-state index in [0.29, 0.717) is 27.3 Å². The zero-order chi connectivity index (χ0) is 40.6. The highest BCUT2D eigenvalue weighted by Crippen LogP contribution is 2.37. The highest BCUT2D eigenvalue weighted by Gasteiger charge is 2.41. The molecule has 4 heterocycles. The topological polar surface area (TPSA) is 150 Å². The number of carbonyl (C=O) groups is 8. The number of fused-ring (bicyclic) bond motifs is 4. The lowest BCUT2D eigenvalue weighted by Gasteiger charge is -2.18. The first kappa shape index (κ1) is 36.1. The van der Waals surface area contributed by atoms with Gasteiger partial charge in [-0.05, 0) is 91.0 Å². The van der Waals surface area contributed by atoms with E-state index in [1.165, 1.54) is 30.3 Å². The summed E-state index contributed by atoms with van der Waals surface area (Å²) in [6, 6.07) is 34.7. The molecule has 0 saturated carbocycles. The van der Waals surface area contributed by atoms with Crippen LogP contribution in [0.3, 0.4) is 0 Å². The second-order valence-corrected chi connectivity index (χ2v) is 14.1. The second-order valence-electron chi connectivity index (χ2n) is 13.3. The Balaban J connectivity index is 0.000000150. The van der Waals surface area contributed by atoms with E-state index in [9.17, 15) is 38.4 Å². The summed E-state index contributed by atoms with van der Waals surface area (Å²) in [7, 11) is 0. The number of benzene rings is 6. The molecule has 0 saturated heterocycles. The van der Waals surface area contributed by atoms with E-state index in [2.05, 4.69) is 0 Å². The summed E-state index contributed by atoms with van der Waals surface area (Å²) < 4.78 is 0. The van der Waals surface area contributed by atoms with Gasteiger partial charge in [0, 0.05) is 5.02 Å². The first-order valence-corrected chi connectivity index (χ1v) is 18.2. The summed E-state index contributed by atoms with van der Waals surface area (Å²) in [6.07, 6.45) is 0. The van der Waals surface area contributed by atoms with Crippen molar-refractivity contribution in [2.24, 2.45) is 0 Å². The van der Waals surface area contributed by atoms with Crippen LogP contribution in [-0.4, -0.2) is 47.3 Å². The number of hydrogen-bond donors (Lipinski definition) is 0. The van der Waals surface area contributed by atoms with Gasteiger partial charge in [-0.25, -0.2) is 19.6 Å². The van der Waals surface area contributed by atoms with Gasteiger partial charge in [-0.3, -0.25) is 38.4 Å². The van der Waals surface area contributed by atoms with Crippen molar-refractivity contribution in [2.45, 2.75) is 0 Å². The molecule has 0 aliphatic carbocycles. The molecule has 6 aromatic carbocycles. The smallest absolute Gasteiger partial charge is 0.267 e. The van der Waals surface area contributed by atoms with Gasteiger partial charge in [-0.2, -0.15) is 0 Å². The van der Waals surface area contributed by atoms with Crippen LogP contribution in [0.15, 0.2) is 133 Å². The van der Waals surface area contributed by atoms with Crippen molar-refractivity contribution in [3.8, 4) is 0 Å². The number of carbonyl (C=O) groups excluding carboxylic acids is 8. The average molecular weight is 806 g/mol. The highest BCUT2D eigenvalue weighted by atomic mass is 35.5. The lowest BCUT2D eigenvalue weighted by molar-refractivity contribution is 0.0908. The molecule has 58 heavy (non-hydrogen) atoms. The Morgan fingerprint density at radius 1 is 0.293 bits per heavy atom. The van der Waals surface area contributed by atoms with Crippen molar-refractivity contribution < 1.29 is 38.4 Å². The van der Waals surface area contributed by atoms with Crippen molar-refractivity contribution in [1.29, 1.82) is 0 Å². The van der Waals surface area contributed by atoms with Crippen LogP contribution in [0.5, 0.6) is 0 Å². The number of amides is 8. The minimum absolute atomic E-state index is 0.144. The molecule has 4 aliphatic heterocycles. The number of anilines is 4. The molecule has 4 aliphatic rings. The minimum Gasteiger partial charge on any atom is -0.268 e. The summed E-state index contributed by atoms with van der Waals surface area (Å²) >= 11 is 12.1. The van der Waals surface area contributed by atoms with E-state index in [4.69, 9.17) is 23.2 Å². The van der Waals surface area contributed by atoms with E-state index in [1.807, 2.05) is 0 Å². The number of imide groups is 4. The van der Waals surface area contributed by atoms with Gasteiger partial charge in [-0.15, -0.1) is 0 Å². The van der Waals surface area contributed by atoms with Crippen LogP contribution in [0.25, 0.3) is 0 Å². The Morgan fingerprint density at radius 2 is 0.621 bits per heavy atom. The fourth-order valence-corrected chi connectivity index (χ4v) is 7.74. The quantitative estimate of drug-likeness (QED) is 0.163. The van der Waals surface area contributed by atoms with Gasteiger partial charge in [0.25, 0.3) is 47.3 Å². The standard InChI is InChI=1S/2C22H11ClN2O4/c23-17-10-4-9-16-18(17)22(29)25(21(16)28)13-6-3-5-12(11-13)24-19(26)14-7-1-2-8-15(14)20(24)27;23-12-8-9-17-18(10-12)22(29)25(21(17)28)14-5-3-4-13(11-14)24-19(26)15-6-1-2-7-16(15)20(24)27/h2*1-11H. The summed E-state index contributed by atoms with van der Waals surface area (Å²) in [4.78, 5) is 106. The van der Waals surface area contributed by atoms with Gasteiger partial charge in [0.05, 0.1) is 72.3 Å². The van der Waals surface area contributed by atoms with Gasteiger partial charge in [-0.1, -0.05) is 65.7 Å². The van der Waals surface area contributed by atoms with Gasteiger partial charge in [0.1, 0.15) is 0 Å². The van der Waals surface area contributed by atoms with Crippen molar-refractivity contribution in [1.82, 2.24) is 0 Å². The van der Waals surface area contributed by atoms with Gasteiger partial charge in [0.15, 0.2) is 0 Å². The van der Waals surface area contributed by atoms with E-state index in [1.54, 1.807) is 103 Å². The van der Waals surface area contributed by atoms with Gasteiger partial charge in [0.2, 0.25) is 0 Å². The Bertz CT molecular complexity index is 2850. The number of halogens is 2. The molecule has 0 atom stereocenters. The SMILES string of the molecule is O=C1c2ccccc2C(=O)N1c1cccc(N2C(=O)c3ccc(Cl)cc3C2=O)c1.O=C1c2ccccc2C(=O)N1c1cccc(N2C(=O)c3cccc(Cl)c3C2=O)c1. The molecule has 8 amide bonds. The molecule has 10 rings (SSSR count). The maximum atomic E-state index is 12.8. The van der Waals surface area contributed by atoms with Crippen LogP contribution in [0.2, 0.25) is 10.0 Å². The van der Waals surface area contributed by atoms with Crippen LogP contribution in [0, 0.1) is 0 Å². The summed E-state index contributed by atoms with van der Waals surface area (Å²) in [5, 5.41) is 0.548. The van der Waals surface area contributed by atoms with Crippen LogP contribution in [-0.2, 0) is 0 Å². The Hall–Kier alpha value is -7.54. The summed E-state index contributed by atoms with van der Waals surface area (Å²) in [5.74, 6) is -3.84. The first-order valence-electron chi connectivity index (χ1n) is 17.5. The Kier molecular flexibility index (Phi) is 8.46. The summed E-state index contributed by atoms with van der Waals surface area (Å²) in [6.45, 7) is 0. The lowest BCUT2D eigenvalue weighted by atomic mass is 10.1. The largest absolute Gasteiger partial charge is 0.268 e. The van der Waals surface area contributed by atoms with Gasteiger partial charge < -0.3 is 0 Å². The van der Waals surface area contributed by atoms with Crippen LogP contribution in [0.4, 0.5) is 22.7 Å². The maximum absolute atomic E-state index is 12.8. The number of rotatable bonds is 4. The predicted molar refractivity (Wildman–Crippen MR) is 213 cm³/mol. The molecule has 0 radical (unpaired) electrons. The van der Waals surface area contributed by atoms with Crippen molar-refractivity contribution >= 4 is 93.2 Å². The third-order valence-electron chi connectivity index (χ3n) is 9.99. The monoisotopic (exact) mass is 804 g/mol. The molecule has 0 bridgehead atoms. The molecule has 0 N–H and O–H groups in total. The fourth-order valence-electron chi connectivity index (χ4n) is 7.32. The highest BCUT2D eigenvalue weighted by molar-refractivity contribution is 6.42. The maximum Gasteiger partial charge on any atom is 0.267 e. The van der Waals surface area contributed by atoms with E-state index in [-0.39, 0.29) is 50.0 Å². The molecule has 0 unspecified atom stereocenters. The van der Waals surface area contributed by atoms with Crippen LogP contribution >= 0.6 is 23.2 Å². The van der Waals surface area contributed by atoms with Crippen LogP contribution < -0.4 is 19.6 Å². The molecule has 280 valence electrons. The van der Waals surface area contributed by atoms with E-state index < -0.39 is 47.3 Å². The molecule has 12 nitrogen and oxygen atoms in total. The summed E-state index contributed by atoms with van der Waals surface area (Å²) in [5.41, 5.74) is 3.17. The Morgan fingerprint density at radius 3 is 1.03 bits per heavy atom. The molecular formula is C44H22Cl2N4O8. The van der Waals surface area contributed by atoms with E-state index in [0.717, 1.165) is 19.6 Å². The third-order valence-corrected chi connectivity index (χ3v) is 10.5. The first-order chi connectivity index (χ1) is 28.0. The molecule has 0 spiro atoms. The zero-order valence-electron chi connectivity index (χ0n) is 29.5. The molecular weight excluding hydrogens is 783 g/mol. The molecule has 0 aromatic heterocycles. The second kappa shape index (κ2) is 13.6. The minimum atomic E-state index is -0.546. The number of nitrogens with zero attached hydrogens (tertiary/aromatic N) is 4. The van der Waals surface area contributed by atoms with Crippen LogP contribution in [0.1, 0.15) is 82.9 Å². The molecule has 0 fully saturated rings. The fraction of sp³-hybridized carbons (Fsp3) is 0. The van der Waals surface area contributed by atoms with Crippen molar-refractivity contribution in [3.05, 3.63) is 188 Å². The predicted octanol–water partition coefficient (Wildman–Crippen LogP) is 7.88. The third kappa shape index (κ3) is 5.45. The van der Waals surface area contributed by atoms with Gasteiger partial charge >= 0.3 is 0 Å². The van der Waals surface area contributed by atoms with Crippen molar-refractivity contribution in [3.63, 3.8) is 0 Å². The number of hydrogen-bond acceptors (Lipinski definition) is 8. The normalized spacial score (nSPS) is 15.2. The zero-order valence-corrected chi connectivity index (χ0v) is 31.0.